The zero-order valence-electron chi connectivity index (χ0n) is 16.7. The van der Waals surface area contributed by atoms with Gasteiger partial charge in [-0.25, -0.2) is 14.3 Å². The van der Waals surface area contributed by atoms with Gasteiger partial charge in [0.05, 0.1) is 18.1 Å². The smallest absolute Gasteiger partial charge is 0.419 e. The summed E-state index contributed by atoms with van der Waals surface area (Å²) in [6.07, 6.45) is 1.90. The highest BCUT2D eigenvalue weighted by atomic mass is 16.5. The maximum absolute atomic E-state index is 12.5. The molecule has 0 fully saturated rings. The minimum atomic E-state index is -0.420. The average Bonchev–Trinajstić information content (AvgIpc) is 3.04. The Morgan fingerprint density at radius 1 is 1.00 bits per heavy atom. The van der Waals surface area contributed by atoms with Crippen molar-refractivity contribution >= 4 is 17.1 Å². The number of ether oxygens (including phenoxy) is 1. The fraction of sp³-hybridized carbons (Fsp3) is 0.391. The van der Waals surface area contributed by atoms with Gasteiger partial charge in [0.1, 0.15) is 0 Å². The number of methoxy groups -OCH3 is 1. The first-order valence-corrected chi connectivity index (χ1v) is 9.46. The highest BCUT2D eigenvalue weighted by Gasteiger charge is 2.37. The van der Waals surface area contributed by atoms with Crippen LogP contribution in [-0.4, -0.2) is 22.8 Å². The lowest BCUT2D eigenvalue weighted by Crippen LogP contribution is -2.33. The normalized spacial score (nSPS) is 17.5. The Kier molecular flexibility index (Phi) is 3.91. The molecule has 0 spiro atoms. The molecule has 1 aliphatic carbocycles. The van der Waals surface area contributed by atoms with Crippen LogP contribution in [0.3, 0.4) is 0 Å². The van der Waals surface area contributed by atoms with E-state index in [1.165, 1.54) is 24.7 Å². The molecule has 1 heterocycles. The number of benzene rings is 2. The van der Waals surface area contributed by atoms with E-state index < -0.39 is 6.09 Å². The summed E-state index contributed by atoms with van der Waals surface area (Å²) in [4.78, 5) is 17.2. The number of hydrogen-bond donors (Lipinski definition) is 0. The zero-order valence-corrected chi connectivity index (χ0v) is 16.7. The molecule has 140 valence electrons. The molecule has 0 amide bonds. The van der Waals surface area contributed by atoms with Gasteiger partial charge in [-0.3, -0.25) is 0 Å². The lowest BCUT2D eigenvalue weighted by atomic mass is 9.63. The molecule has 1 aliphatic rings. The number of imidazole rings is 1. The number of fused-ring (bicyclic) bond motifs is 2. The van der Waals surface area contributed by atoms with Gasteiger partial charge in [0, 0.05) is 5.56 Å². The summed E-state index contributed by atoms with van der Waals surface area (Å²) in [7, 11) is 1.40. The summed E-state index contributed by atoms with van der Waals surface area (Å²) in [6, 6.07) is 14.2. The van der Waals surface area contributed by atoms with Crippen molar-refractivity contribution in [1.82, 2.24) is 9.55 Å². The molecule has 0 unspecified atom stereocenters. The Balaban J connectivity index is 1.97. The van der Waals surface area contributed by atoms with Crippen molar-refractivity contribution < 1.29 is 9.53 Å². The van der Waals surface area contributed by atoms with E-state index in [1.807, 2.05) is 24.3 Å². The molecule has 3 aromatic rings. The molecular formula is C23H26N2O2. The summed E-state index contributed by atoms with van der Waals surface area (Å²) in [5, 5.41) is 0. The largest absolute Gasteiger partial charge is 0.452 e. The zero-order chi connectivity index (χ0) is 19.4. The van der Waals surface area contributed by atoms with Crippen molar-refractivity contribution in [2.75, 3.05) is 7.11 Å². The van der Waals surface area contributed by atoms with Gasteiger partial charge in [0.2, 0.25) is 0 Å². The van der Waals surface area contributed by atoms with Gasteiger partial charge in [-0.05, 0) is 53.0 Å². The van der Waals surface area contributed by atoms with Crippen LogP contribution in [-0.2, 0) is 15.6 Å². The van der Waals surface area contributed by atoms with Crippen molar-refractivity contribution in [3.63, 3.8) is 0 Å². The topological polar surface area (TPSA) is 44.1 Å². The van der Waals surface area contributed by atoms with E-state index >= 15 is 0 Å². The summed E-state index contributed by atoms with van der Waals surface area (Å²) >= 11 is 0. The van der Waals surface area contributed by atoms with Gasteiger partial charge in [0.25, 0.3) is 0 Å². The molecular weight excluding hydrogens is 336 g/mol. The minimum absolute atomic E-state index is 0.100. The number of rotatable bonds is 1. The standard InChI is InChI=1S/C23H26N2O2/c1-22(2)12-13-23(3,4)17-14-15(10-11-16(17)22)20-24-18-8-6-7-9-19(18)25(20)21(26)27-5/h6-11,14H,12-13H2,1-5H3. The van der Waals surface area contributed by atoms with E-state index in [0.29, 0.717) is 5.82 Å². The third-order valence-corrected chi connectivity index (χ3v) is 6.03. The van der Waals surface area contributed by atoms with Crippen LogP contribution < -0.4 is 0 Å². The van der Waals surface area contributed by atoms with E-state index in [9.17, 15) is 4.79 Å². The fourth-order valence-electron chi connectivity index (χ4n) is 4.22. The predicted molar refractivity (Wildman–Crippen MR) is 108 cm³/mol. The lowest BCUT2D eigenvalue weighted by molar-refractivity contribution is 0.174. The summed E-state index contributed by atoms with van der Waals surface area (Å²) in [5.74, 6) is 0.630. The highest BCUT2D eigenvalue weighted by molar-refractivity contribution is 5.92. The molecule has 0 saturated heterocycles. The molecule has 4 nitrogen and oxygen atoms in total. The SMILES string of the molecule is COC(=O)n1c(-c2ccc3c(c2)C(C)(C)CCC3(C)C)nc2ccccc21. The third kappa shape index (κ3) is 2.75. The van der Waals surface area contributed by atoms with Crippen molar-refractivity contribution in [1.29, 1.82) is 0 Å². The number of nitrogens with zero attached hydrogens (tertiary/aromatic N) is 2. The van der Waals surface area contributed by atoms with Crippen LogP contribution in [0.15, 0.2) is 42.5 Å². The van der Waals surface area contributed by atoms with Crippen LogP contribution >= 0.6 is 0 Å². The molecule has 0 saturated carbocycles. The highest BCUT2D eigenvalue weighted by Crippen LogP contribution is 2.46. The molecule has 1 aromatic heterocycles. The summed E-state index contributed by atoms with van der Waals surface area (Å²) in [5.41, 5.74) is 5.49. The van der Waals surface area contributed by atoms with Gasteiger partial charge >= 0.3 is 6.09 Å². The molecule has 4 heteroatoms. The summed E-state index contributed by atoms with van der Waals surface area (Å²) < 4.78 is 6.60. The Morgan fingerprint density at radius 2 is 1.67 bits per heavy atom. The number of carbonyl (C=O) groups excluding carboxylic acids is 1. The average molecular weight is 362 g/mol. The molecule has 0 aliphatic heterocycles. The van der Waals surface area contributed by atoms with E-state index in [1.54, 1.807) is 4.57 Å². The second-order valence-corrected chi connectivity index (χ2v) is 8.76. The van der Waals surface area contributed by atoms with E-state index in [4.69, 9.17) is 9.72 Å². The molecule has 0 radical (unpaired) electrons. The second kappa shape index (κ2) is 5.95. The van der Waals surface area contributed by atoms with E-state index in [0.717, 1.165) is 23.0 Å². The van der Waals surface area contributed by atoms with Gasteiger partial charge in [-0.15, -0.1) is 0 Å². The van der Waals surface area contributed by atoms with Crippen molar-refractivity contribution in [2.45, 2.75) is 51.4 Å². The lowest BCUT2D eigenvalue weighted by Gasteiger charge is -2.42. The van der Waals surface area contributed by atoms with Crippen LogP contribution in [0.4, 0.5) is 4.79 Å². The predicted octanol–water partition coefficient (Wildman–Crippen LogP) is 5.67. The maximum atomic E-state index is 12.5. The number of para-hydroxylation sites is 2. The quantitative estimate of drug-likeness (QED) is 0.560. The van der Waals surface area contributed by atoms with E-state index in [-0.39, 0.29) is 10.8 Å². The first-order valence-electron chi connectivity index (χ1n) is 9.46. The maximum Gasteiger partial charge on any atom is 0.419 e. The molecule has 0 atom stereocenters. The Labute approximate surface area is 160 Å². The number of aromatic nitrogens is 2. The van der Waals surface area contributed by atoms with E-state index in [2.05, 4.69) is 45.9 Å². The molecule has 2 aromatic carbocycles. The third-order valence-electron chi connectivity index (χ3n) is 6.03. The first kappa shape index (κ1) is 17.8. The Bertz CT molecular complexity index is 1040. The van der Waals surface area contributed by atoms with Crippen molar-refractivity contribution in [3.8, 4) is 11.4 Å². The van der Waals surface area contributed by atoms with Crippen molar-refractivity contribution in [2.24, 2.45) is 0 Å². The molecule has 4 rings (SSSR count). The Hall–Kier alpha value is -2.62. The fourth-order valence-corrected chi connectivity index (χ4v) is 4.22. The van der Waals surface area contributed by atoms with Gasteiger partial charge in [-0.1, -0.05) is 52.0 Å². The monoisotopic (exact) mass is 362 g/mol. The van der Waals surface area contributed by atoms with Crippen LogP contribution in [0.2, 0.25) is 0 Å². The first-order chi connectivity index (χ1) is 12.7. The molecule has 0 N–H and O–H groups in total. The van der Waals surface area contributed by atoms with Crippen LogP contribution in [0.1, 0.15) is 51.7 Å². The molecule has 27 heavy (non-hydrogen) atoms. The van der Waals surface area contributed by atoms with Crippen LogP contribution in [0, 0.1) is 0 Å². The second-order valence-electron chi connectivity index (χ2n) is 8.76. The van der Waals surface area contributed by atoms with Crippen LogP contribution in [0.25, 0.3) is 22.4 Å². The van der Waals surface area contributed by atoms with Crippen LogP contribution in [0.5, 0.6) is 0 Å². The minimum Gasteiger partial charge on any atom is -0.452 e. The summed E-state index contributed by atoms with van der Waals surface area (Å²) in [6.45, 7) is 9.22. The van der Waals surface area contributed by atoms with Crippen molar-refractivity contribution in [3.05, 3.63) is 53.6 Å². The number of hydrogen-bond acceptors (Lipinski definition) is 3. The molecule has 0 bridgehead atoms. The van der Waals surface area contributed by atoms with Gasteiger partial charge in [0.15, 0.2) is 5.82 Å². The number of carbonyl (C=O) groups is 1. The van der Waals surface area contributed by atoms with Gasteiger partial charge < -0.3 is 4.74 Å². The Morgan fingerprint density at radius 3 is 2.37 bits per heavy atom. The van der Waals surface area contributed by atoms with Gasteiger partial charge in [-0.2, -0.15) is 0 Å².